The van der Waals surface area contributed by atoms with Crippen molar-refractivity contribution >= 4 is 17.2 Å². The van der Waals surface area contributed by atoms with Crippen LogP contribution < -0.4 is 0 Å². The lowest BCUT2D eigenvalue weighted by atomic mass is 10.0. The van der Waals surface area contributed by atoms with Crippen molar-refractivity contribution in [1.29, 1.82) is 0 Å². The van der Waals surface area contributed by atoms with Crippen molar-refractivity contribution in [3.8, 4) is 22.5 Å². The summed E-state index contributed by atoms with van der Waals surface area (Å²) in [6, 6.07) is 15.6. The lowest BCUT2D eigenvalue weighted by molar-refractivity contribution is 0.890. The second-order valence-electron chi connectivity index (χ2n) is 5.47. The first kappa shape index (κ1) is 14.8. The average Bonchev–Trinajstić information content (AvgIpc) is 3.01. The largest absolute Gasteiger partial charge is 0.255 e. The van der Waals surface area contributed by atoms with E-state index in [2.05, 4.69) is 16.9 Å². The zero-order valence-corrected chi connectivity index (χ0v) is 13.9. The Morgan fingerprint density at radius 3 is 2.67 bits per heavy atom. The maximum absolute atomic E-state index is 6.18. The topological polar surface area (TPSA) is 43.1 Å². The summed E-state index contributed by atoms with van der Waals surface area (Å²) in [5.74, 6) is 0. The summed E-state index contributed by atoms with van der Waals surface area (Å²) in [7, 11) is 0. The van der Waals surface area contributed by atoms with E-state index in [0.29, 0.717) is 5.02 Å². The van der Waals surface area contributed by atoms with Crippen LogP contribution in [-0.2, 0) is 6.42 Å². The summed E-state index contributed by atoms with van der Waals surface area (Å²) >= 11 is 6.18. The molecule has 3 aromatic heterocycles. The van der Waals surface area contributed by atoms with E-state index in [1.807, 2.05) is 53.0 Å². The van der Waals surface area contributed by atoms with Gasteiger partial charge < -0.3 is 0 Å². The monoisotopic (exact) mass is 334 g/mol. The van der Waals surface area contributed by atoms with Gasteiger partial charge in [0.1, 0.15) is 0 Å². The Morgan fingerprint density at radius 2 is 1.92 bits per heavy atom. The third-order valence-electron chi connectivity index (χ3n) is 3.97. The van der Waals surface area contributed by atoms with Crippen LogP contribution in [-0.4, -0.2) is 19.6 Å². The van der Waals surface area contributed by atoms with Gasteiger partial charge in [-0.2, -0.15) is 5.10 Å². The van der Waals surface area contributed by atoms with Crippen LogP contribution in [0.4, 0.5) is 0 Å². The maximum Gasteiger partial charge on any atom is 0.163 e. The number of halogens is 1. The SMILES string of the molecule is CCc1nn2c(-c3ccccn3)ccnc2c1-c1cccc(Cl)c1. The molecule has 0 N–H and O–H groups in total. The minimum absolute atomic E-state index is 0.704. The van der Waals surface area contributed by atoms with Crippen molar-refractivity contribution in [3.05, 3.63) is 71.6 Å². The Hall–Kier alpha value is -2.72. The third kappa shape index (κ3) is 2.45. The number of rotatable bonds is 3. The van der Waals surface area contributed by atoms with Crippen LogP contribution >= 0.6 is 11.6 Å². The van der Waals surface area contributed by atoms with Gasteiger partial charge in [-0.1, -0.05) is 36.7 Å². The third-order valence-corrected chi connectivity index (χ3v) is 4.20. The highest BCUT2D eigenvalue weighted by Crippen LogP contribution is 2.31. The van der Waals surface area contributed by atoms with E-state index >= 15 is 0 Å². The lowest BCUT2D eigenvalue weighted by Crippen LogP contribution is -1.97. The van der Waals surface area contributed by atoms with Crippen molar-refractivity contribution in [3.63, 3.8) is 0 Å². The van der Waals surface area contributed by atoms with Gasteiger partial charge in [0.25, 0.3) is 0 Å². The summed E-state index contributed by atoms with van der Waals surface area (Å²) < 4.78 is 1.87. The van der Waals surface area contributed by atoms with Crippen LogP contribution in [0.2, 0.25) is 5.02 Å². The lowest BCUT2D eigenvalue weighted by Gasteiger charge is -2.04. The van der Waals surface area contributed by atoms with Crippen LogP contribution in [0, 0.1) is 0 Å². The van der Waals surface area contributed by atoms with Gasteiger partial charge in [-0.15, -0.1) is 0 Å². The molecule has 0 atom stereocenters. The van der Waals surface area contributed by atoms with E-state index in [-0.39, 0.29) is 0 Å². The fraction of sp³-hybridized carbons (Fsp3) is 0.105. The van der Waals surface area contributed by atoms with Gasteiger partial charge in [-0.25, -0.2) is 9.50 Å². The highest BCUT2D eigenvalue weighted by molar-refractivity contribution is 6.30. The molecular weight excluding hydrogens is 320 g/mol. The molecule has 0 unspecified atom stereocenters. The molecule has 0 amide bonds. The van der Waals surface area contributed by atoms with Gasteiger partial charge in [0.2, 0.25) is 0 Å². The van der Waals surface area contributed by atoms with Crippen molar-refractivity contribution < 1.29 is 0 Å². The Bertz CT molecular complexity index is 1010. The molecule has 0 fully saturated rings. The van der Waals surface area contributed by atoms with Crippen LogP contribution in [0.25, 0.3) is 28.2 Å². The van der Waals surface area contributed by atoms with Gasteiger partial charge in [-0.3, -0.25) is 4.98 Å². The maximum atomic E-state index is 6.18. The number of aromatic nitrogens is 4. The molecule has 24 heavy (non-hydrogen) atoms. The van der Waals surface area contributed by atoms with E-state index < -0.39 is 0 Å². The van der Waals surface area contributed by atoms with Crippen molar-refractivity contribution in [1.82, 2.24) is 19.6 Å². The predicted octanol–water partition coefficient (Wildman–Crippen LogP) is 4.67. The molecule has 118 valence electrons. The molecule has 4 nitrogen and oxygen atoms in total. The van der Waals surface area contributed by atoms with Crippen LogP contribution in [0.3, 0.4) is 0 Å². The molecule has 4 aromatic rings. The molecule has 5 heteroatoms. The molecule has 1 aromatic carbocycles. The van der Waals surface area contributed by atoms with E-state index in [9.17, 15) is 0 Å². The second-order valence-corrected chi connectivity index (χ2v) is 5.90. The summed E-state index contributed by atoms with van der Waals surface area (Å²) in [6.45, 7) is 2.09. The van der Waals surface area contributed by atoms with Gasteiger partial charge in [0, 0.05) is 23.0 Å². The van der Waals surface area contributed by atoms with E-state index in [0.717, 1.165) is 40.3 Å². The van der Waals surface area contributed by atoms with Gasteiger partial charge >= 0.3 is 0 Å². The fourth-order valence-corrected chi connectivity index (χ4v) is 3.07. The summed E-state index contributed by atoms with van der Waals surface area (Å²) in [4.78, 5) is 9.01. The Labute approximate surface area is 144 Å². The highest BCUT2D eigenvalue weighted by atomic mass is 35.5. The standard InChI is InChI=1S/C19H15ClN4/c1-2-15-18(13-6-5-7-14(20)12-13)19-22-11-9-17(24(19)23-15)16-8-3-4-10-21-16/h3-12H,2H2,1H3. The summed E-state index contributed by atoms with van der Waals surface area (Å²) in [6.07, 6.45) is 4.39. The number of nitrogens with zero attached hydrogens (tertiary/aromatic N) is 4. The quantitative estimate of drug-likeness (QED) is 0.546. The van der Waals surface area contributed by atoms with Crippen LogP contribution in [0.1, 0.15) is 12.6 Å². The summed E-state index contributed by atoms with van der Waals surface area (Å²) in [5, 5.41) is 5.49. The molecule has 3 heterocycles. The number of hydrogen-bond donors (Lipinski definition) is 0. The fourth-order valence-electron chi connectivity index (χ4n) is 2.88. The van der Waals surface area contributed by atoms with E-state index in [1.54, 1.807) is 12.4 Å². The first-order valence-electron chi connectivity index (χ1n) is 7.82. The zero-order chi connectivity index (χ0) is 16.5. The molecule has 4 rings (SSSR count). The molecule has 0 aliphatic rings. The first-order valence-corrected chi connectivity index (χ1v) is 8.19. The number of pyridine rings is 1. The molecule has 0 aliphatic heterocycles. The van der Waals surface area contributed by atoms with E-state index in [4.69, 9.17) is 16.7 Å². The van der Waals surface area contributed by atoms with E-state index in [1.165, 1.54) is 0 Å². The molecule has 0 aliphatic carbocycles. The number of hydrogen-bond acceptors (Lipinski definition) is 3. The average molecular weight is 335 g/mol. The Morgan fingerprint density at radius 1 is 1.00 bits per heavy atom. The molecule has 0 bridgehead atoms. The van der Waals surface area contributed by atoms with Crippen molar-refractivity contribution in [2.45, 2.75) is 13.3 Å². The normalized spacial score (nSPS) is 11.1. The van der Waals surface area contributed by atoms with Crippen LogP contribution in [0.5, 0.6) is 0 Å². The van der Waals surface area contributed by atoms with Crippen molar-refractivity contribution in [2.24, 2.45) is 0 Å². The molecule has 0 saturated heterocycles. The van der Waals surface area contributed by atoms with Crippen LogP contribution in [0.15, 0.2) is 60.9 Å². The molecule has 0 radical (unpaired) electrons. The Kier molecular flexibility index (Phi) is 3.75. The van der Waals surface area contributed by atoms with Gasteiger partial charge in [-0.05, 0) is 42.3 Å². The number of aryl methyl sites for hydroxylation is 1. The zero-order valence-electron chi connectivity index (χ0n) is 13.1. The highest BCUT2D eigenvalue weighted by Gasteiger charge is 2.17. The smallest absolute Gasteiger partial charge is 0.163 e. The van der Waals surface area contributed by atoms with Gasteiger partial charge in [0.05, 0.1) is 17.1 Å². The minimum atomic E-state index is 0.704. The second kappa shape index (κ2) is 6.06. The first-order chi connectivity index (χ1) is 11.8. The number of fused-ring (bicyclic) bond motifs is 1. The number of benzene rings is 1. The van der Waals surface area contributed by atoms with Crippen molar-refractivity contribution in [2.75, 3.05) is 0 Å². The summed E-state index contributed by atoms with van der Waals surface area (Å²) in [5.41, 5.74) is 5.65. The molecule has 0 spiro atoms. The minimum Gasteiger partial charge on any atom is -0.255 e. The Balaban J connectivity index is 2.02. The predicted molar refractivity (Wildman–Crippen MR) is 96.0 cm³/mol. The van der Waals surface area contributed by atoms with Gasteiger partial charge in [0.15, 0.2) is 5.65 Å². The molecular formula is C19H15ClN4. The molecule has 0 saturated carbocycles.